The standard InChI is InChI=1S/C14H16N6O2S/c21-12(3-5-19-6-7-23-14(19)22)17-8-11-2-1-4-16-13(11)20-10-15-9-18-20/h1-2,4,9-10H,3,5-8H2,(H,17,21). The summed E-state index contributed by atoms with van der Waals surface area (Å²) in [6, 6.07) is 3.69. The lowest BCUT2D eigenvalue weighted by Gasteiger charge is -2.14. The molecule has 8 nitrogen and oxygen atoms in total. The van der Waals surface area contributed by atoms with Crippen molar-refractivity contribution >= 4 is 22.9 Å². The van der Waals surface area contributed by atoms with Gasteiger partial charge in [0.2, 0.25) is 5.91 Å². The van der Waals surface area contributed by atoms with Gasteiger partial charge in [0.05, 0.1) is 0 Å². The van der Waals surface area contributed by atoms with E-state index in [4.69, 9.17) is 0 Å². The molecule has 0 aliphatic carbocycles. The maximum absolute atomic E-state index is 12.0. The molecule has 2 aromatic rings. The smallest absolute Gasteiger partial charge is 0.281 e. The van der Waals surface area contributed by atoms with E-state index in [-0.39, 0.29) is 11.1 Å². The molecule has 23 heavy (non-hydrogen) atoms. The van der Waals surface area contributed by atoms with Crippen LogP contribution in [0.2, 0.25) is 0 Å². The largest absolute Gasteiger partial charge is 0.352 e. The zero-order chi connectivity index (χ0) is 16.1. The Morgan fingerprint density at radius 1 is 1.43 bits per heavy atom. The van der Waals surface area contributed by atoms with E-state index in [0.29, 0.717) is 25.3 Å². The van der Waals surface area contributed by atoms with Gasteiger partial charge in [-0.2, -0.15) is 5.10 Å². The van der Waals surface area contributed by atoms with Crippen molar-refractivity contribution in [2.75, 3.05) is 18.8 Å². The average Bonchev–Trinajstić information content (AvgIpc) is 3.23. The van der Waals surface area contributed by atoms with Gasteiger partial charge in [-0.15, -0.1) is 0 Å². The molecule has 120 valence electrons. The van der Waals surface area contributed by atoms with Crippen LogP contribution in [0.5, 0.6) is 0 Å². The summed E-state index contributed by atoms with van der Waals surface area (Å²) >= 11 is 1.30. The molecule has 2 aromatic heterocycles. The molecule has 2 amide bonds. The Balaban J connectivity index is 1.54. The van der Waals surface area contributed by atoms with Gasteiger partial charge in [-0.05, 0) is 6.07 Å². The average molecular weight is 332 g/mol. The Labute approximate surface area is 137 Å². The van der Waals surface area contributed by atoms with Gasteiger partial charge in [0.15, 0.2) is 5.82 Å². The second-order valence-corrected chi connectivity index (χ2v) is 6.00. The van der Waals surface area contributed by atoms with Crippen LogP contribution in [0.15, 0.2) is 31.0 Å². The van der Waals surface area contributed by atoms with E-state index in [1.807, 2.05) is 12.1 Å². The molecule has 1 fully saturated rings. The van der Waals surface area contributed by atoms with Crippen LogP contribution >= 0.6 is 11.8 Å². The zero-order valence-electron chi connectivity index (χ0n) is 12.4. The Morgan fingerprint density at radius 2 is 2.35 bits per heavy atom. The lowest BCUT2D eigenvalue weighted by atomic mass is 10.2. The normalized spacial score (nSPS) is 14.3. The van der Waals surface area contributed by atoms with Gasteiger partial charge in [-0.25, -0.2) is 14.6 Å². The molecule has 0 saturated carbocycles. The molecule has 3 heterocycles. The minimum absolute atomic E-state index is 0.0542. The second-order valence-electron chi connectivity index (χ2n) is 4.95. The van der Waals surface area contributed by atoms with Gasteiger partial charge in [0.1, 0.15) is 12.7 Å². The first kappa shape index (κ1) is 15.5. The van der Waals surface area contributed by atoms with E-state index in [2.05, 4.69) is 20.4 Å². The summed E-state index contributed by atoms with van der Waals surface area (Å²) in [4.78, 5) is 33.3. The minimum atomic E-state index is -0.0944. The van der Waals surface area contributed by atoms with Gasteiger partial charge < -0.3 is 10.2 Å². The highest BCUT2D eigenvalue weighted by Crippen LogP contribution is 2.17. The summed E-state index contributed by atoms with van der Waals surface area (Å²) in [5.74, 6) is 1.34. The number of hydrogen-bond acceptors (Lipinski definition) is 6. The van der Waals surface area contributed by atoms with Crippen molar-refractivity contribution in [2.24, 2.45) is 0 Å². The topological polar surface area (TPSA) is 93.0 Å². The zero-order valence-corrected chi connectivity index (χ0v) is 13.2. The fourth-order valence-electron chi connectivity index (χ4n) is 2.24. The SMILES string of the molecule is O=C(CCN1CCSC1=O)NCc1cccnc1-n1cncn1. The maximum Gasteiger partial charge on any atom is 0.281 e. The molecule has 1 aliphatic rings. The first-order valence-electron chi connectivity index (χ1n) is 7.21. The van der Waals surface area contributed by atoms with Crippen molar-refractivity contribution in [3.8, 4) is 5.82 Å². The van der Waals surface area contributed by atoms with Crippen molar-refractivity contribution in [3.05, 3.63) is 36.5 Å². The third kappa shape index (κ3) is 3.86. The molecular formula is C14H16N6O2S. The molecule has 0 atom stereocenters. The van der Waals surface area contributed by atoms with Crippen LogP contribution < -0.4 is 5.32 Å². The number of nitrogens with one attached hydrogen (secondary N) is 1. The van der Waals surface area contributed by atoms with Crippen molar-refractivity contribution in [2.45, 2.75) is 13.0 Å². The molecule has 9 heteroatoms. The lowest BCUT2D eigenvalue weighted by Crippen LogP contribution is -2.31. The molecule has 1 aliphatic heterocycles. The molecule has 1 saturated heterocycles. The number of amides is 2. The first-order chi connectivity index (χ1) is 11.2. The summed E-state index contributed by atoms with van der Waals surface area (Å²) in [5.41, 5.74) is 0.846. The first-order valence-corrected chi connectivity index (χ1v) is 8.20. The molecular weight excluding hydrogens is 316 g/mol. The summed E-state index contributed by atoms with van der Waals surface area (Å²) < 4.78 is 1.56. The van der Waals surface area contributed by atoms with E-state index in [1.54, 1.807) is 22.1 Å². The van der Waals surface area contributed by atoms with Crippen LogP contribution in [-0.4, -0.2) is 54.6 Å². The number of hydrogen-bond donors (Lipinski definition) is 1. The number of rotatable bonds is 6. The van der Waals surface area contributed by atoms with E-state index in [1.165, 1.54) is 18.1 Å². The highest BCUT2D eigenvalue weighted by atomic mass is 32.2. The fourth-order valence-corrected chi connectivity index (χ4v) is 3.09. The number of carbonyl (C=O) groups excluding carboxylic acids is 2. The Bertz CT molecular complexity index is 690. The third-order valence-corrected chi connectivity index (χ3v) is 4.32. The minimum Gasteiger partial charge on any atom is -0.352 e. The molecule has 3 rings (SSSR count). The van der Waals surface area contributed by atoms with Crippen LogP contribution in [0.25, 0.3) is 5.82 Å². The van der Waals surface area contributed by atoms with Crippen molar-refractivity contribution in [1.29, 1.82) is 0 Å². The van der Waals surface area contributed by atoms with Gasteiger partial charge in [0.25, 0.3) is 5.24 Å². The Morgan fingerprint density at radius 3 is 3.09 bits per heavy atom. The van der Waals surface area contributed by atoms with Crippen molar-refractivity contribution in [3.63, 3.8) is 0 Å². The van der Waals surface area contributed by atoms with Crippen LogP contribution in [0, 0.1) is 0 Å². The van der Waals surface area contributed by atoms with Gasteiger partial charge >= 0.3 is 0 Å². The Hall–Kier alpha value is -2.42. The summed E-state index contributed by atoms with van der Waals surface area (Å²) in [7, 11) is 0. The van der Waals surface area contributed by atoms with E-state index >= 15 is 0 Å². The van der Waals surface area contributed by atoms with Crippen LogP contribution in [0.1, 0.15) is 12.0 Å². The van der Waals surface area contributed by atoms with E-state index in [0.717, 1.165) is 17.9 Å². The van der Waals surface area contributed by atoms with Gasteiger partial charge in [-0.3, -0.25) is 9.59 Å². The molecule has 0 spiro atoms. The summed E-state index contributed by atoms with van der Waals surface area (Å²) in [5, 5.41) is 6.96. The van der Waals surface area contributed by atoms with Gasteiger partial charge in [0, 0.05) is 43.6 Å². The molecule has 0 aromatic carbocycles. The monoisotopic (exact) mass is 332 g/mol. The molecule has 0 unspecified atom stereocenters. The number of carbonyl (C=O) groups is 2. The summed E-state index contributed by atoms with van der Waals surface area (Å²) in [6.45, 7) is 1.53. The number of thioether (sulfide) groups is 1. The van der Waals surface area contributed by atoms with Gasteiger partial charge in [-0.1, -0.05) is 17.8 Å². The second kappa shape index (κ2) is 7.23. The van der Waals surface area contributed by atoms with E-state index in [9.17, 15) is 9.59 Å². The predicted octanol–water partition coefficient (Wildman–Crippen LogP) is 0.837. The maximum atomic E-state index is 12.0. The molecule has 1 N–H and O–H groups in total. The van der Waals surface area contributed by atoms with Crippen molar-refractivity contribution < 1.29 is 9.59 Å². The number of aromatic nitrogens is 4. The van der Waals surface area contributed by atoms with Crippen molar-refractivity contribution in [1.82, 2.24) is 30.0 Å². The summed E-state index contributed by atoms with van der Waals surface area (Å²) in [6.07, 6.45) is 4.95. The third-order valence-electron chi connectivity index (χ3n) is 3.43. The lowest BCUT2D eigenvalue weighted by molar-refractivity contribution is -0.121. The number of nitrogens with zero attached hydrogens (tertiary/aromatic N) is 5. The predicted molar refractivity (Wildman–Crippen MR) is 85.0 cm³/mol. The molecule has 0 bridgehead atoms. The van der Waals surface area contributed by atoms with Crippen LogP contribution in [0.4, 0.5) is 4.79 Å². The highest BCUT2D eigenvalue weighted by Gasteiger charge is 2.21. The molecule has 0 radical (unpaired) electrons. The number of pyridine rings is 1. The fraction of sp³-hybridized carbons (Fsp3) is 0.357. The quantitative estimate of drug-likeness (QED) is 0.842. The van der Waals surface area contributed by atoms with Crippen LogP contribution in [0.3, 0.4) is 0 Å². The Kier molecular flexibility index (Phi) is 4.86. The highest BCUT2D eigenvalue weighted by molar-refractivity contribution is 8.13. The van der Waals surface area contributed by atoms with Crippen LogP contribution in [-0.2, 0) is 11.3 Å². The van der Waals surface area contributed by atoms with E-state index < -0.39 is 0 Å².